The zero-order chi connectivity index (χ0) is 10.8. The third kappa shape index (κ3) is 1.76. The number of nitrogens with two attached hydrogens (primary N) is 1. The summed E-state index contributed by atoms with van der Waals surface area (Å²) in [7, 11) is 1.44. The van der Waals surface area contributed by atoms with Gasteiger partial charge in [0.25, 0.3) is 0 Å². The van der Waals surface area contributed by atoms with E-state index in [0.29, 0.717) is 12.1 Å². The summed E-state index contributed by atoms with van der Waals surface area (Å²) >= 11 is 0. The molecule has 0 radical (unpaired) electrons. The molecule has 0 saturated carbocycles. The molecule has 0 unspecified atom stereocenters. The quantitative estimate of drug-likeness (QED) is 0.815. The van der Waals surface area contributed by atoms with Gasteiger partial charge in [0, 0.05) is 18.0 Å². The van der Waals surface area contributed by atoms with Gasteiger partial charge in [-0.3, -0.25) is 4.98 Å². The molecule has 2 aromatic rings. The van der Waals surface area contributed by atoms with E-state index in [-0.39, 0.29) is 5.75 Å². The van der Waals surface area contributed by atoms with Crippen molar-refractivity contribution in [2.75, 3.05) is 7.11 Å². The second-order valence-corrected chi connectivity index (χ2v) is 3.19. The van der Waals surface area contributed by atoms with Gasteiger partial charge >= 0.3 is 0 Å². The Hall–Kier alpha value is -1.68. The molecule has 3 nitrogen and oxygen atoms in total. The van der Waals surface area contributed by atoms with Gasteiger partial charge in [-0.05, 0) is 12.1 Å². The lowest BCUT2D eigenvalue weighted by molar-refractivity contribution is 0.387. The van der Waals surface area contributed by atoms with Crippen molar-refractivity contribution in [1.82, 2.24) is 4.98 Å². The maximum Gasteiger partial charge on any atom is 0.167 e. The van der Waals surface area contributed by atoms with Crippen LogP contribution in [0.1, 0.15) is 5.69 Å². The van der Waals surface area contributed by atoms with E-state index < -0.39 is 5.82 Å². The average molecular weight is 206 g/mol. The number of halogens is 1. The molecule has 0 spiro atoms. The van der Waals surface area contributed by atoms with Crippen LogP contribution in [-0.2, 0) is 6.54 Å². The van der Waals surface area contributed by atoms with Crippen LogP contribution < -0.4 is 10.5 Å². The van der Waals surface area contributed by atoms with E-state index >= 15 is 0 Å². The highest BCUT2D eigenvalue weighted by Crippen LogP contribution is 2.23. The van der Waals surface area contributed by atoms with E-state index in [1.807, 2.05) is 12.1 Å². The number of methoxy groups -OCH3 is 1. The maximum atomic E-state index is 13.4. The van der Waals surface area contributed by atoms with Gasteiger partial charge in [-0.1, -0.05) is 6.07 Å². The summed E-state index contributed by atoms with van der Waals surface area (Å²) in [6.07, 6.45) is 0. The Morgan fingerprint density at radius 1 is 1.40 bits per heavy atom. The maximum absolute atomic E-state index is 13.4. The summed E-state index contributed by atoms with van der Waals surface area (Å²) in [5.74, 6) is -0.184. The Bertz CT molecular complexity index is 499. The van der Waals surface area contributed by atoms with Crippen LogP contribution in [0.5, 0.6) is 5.75 Å². The first-order valence-corrected chi connectivity index (χ1v) is 4.58. The lowest BCUT2D eigenvalue weighted by Gasteiger charge is -2.04. The summed E-state index contributed by atoms with van der Waals surface area (Å²) in [5.41, 5.74) is 6.79. The number of pyridine rings is 1. The summed E-state index contributed by atoms with van der Waals surface area (Å²) in [4.78, 5) is 4.21. The van der Waals surface area contributed by atoms with Crippen molar-refractivity contribution in [3.8, 4) is 5.75 Å². The Morgan fingerprint density at radius 2 is 2.20 bits per heavy atom. The van der Waals surface area contributed by atoms with Crippen molar-refractivity contribution < 1.29 is 9.13 Å². The number of fused-ring (bicyclic) bond motifs is 1. The molecule has 0 amide bonds. The highest BCUT2D eigenvalue weighted by atomic mass is 19.1. The number of hydrogen-bond acceptors (Lipinski definition) is 3. The van der Waals surface area contributed by atoms with E-state index in [0.717, 1.165) is 11.1 Å². The van der Waals surface area contributed by atoms with Crippen molar-refractivity contribution in [2.45, 2.75) is 6.54 Å². The minimum absolute atomic E-state index is 0.227. The normalized spacial score (nSPS) is 10.6. The van der Waals surface area contributed by atoms with E-state index in [9.17, 15) is 4.39 Å². The smallest absolute Gasteiger partial charge is 0.167 e. The second kappa shape index (κ2) is 3.82. The number of rotatable bonds is 2. The molecular formula is C11H11FN2O. The minimum Gasteiger partial charge on any atom is -0.494 e. The molecule has 1 aromatic heterocycles. The van der Waals surface area contributed by atoms with Crippen molar-refractivity contribution >= 4 is 10.9 Å². The Balaban J connectivity index is 2.65. The number of nitrogens with zero attached hydrogens (tertiary/aromatic N) is 1. The third-order valence-corrected chi connectivity index (χ3v) is 2.23. The summed E-state index contributed by atoms with van der Waals surface area (Å²) in [5, 5.41) is 0.838. The summed E-state index contributed by atoms with van der Waals surface area (Å²) < 4.78 is 18.2. The molecule has 0 bridgehead atoms. The first kappa shape index (κ1) is 9.86. The van der Waals surface area contributed by atoms with Crippen LogP contribution in [0.4, 0.5) is 4.39 Å². The van der Waals surface area contributed by atoms with Gasteiger partial charge in [0.05, 0.1) is 18.3 Å². The van der Waals surface area contributed by atoms with Gasteiger partial charge in [-0.25, -0.2) is 4.39 Å². The zero-order valence-electron chi connectivity index (χ0n) is 8.33. The predicted octanol–water partition coefficient (Wildman–Crippen LogP) is 1.84. The van der Waals surface area contributed by atoms with Gasteiger partial charge in [0.15, 0.2) is 11.6 Å². The Morgan fingerprint density at radius 3 is 2.87 bits per heavy atom. The zero-order valence-corrected chi connectivity index (χ0v) is 8.33. The average Bonchev–Trinajstić information content (AvgIpc) is 2.27. The monoisotopic (exact) mass is 206 g/mol. The van der Waals surface area contributed by atoms with Gasteiger partial charge in [-0.2, -0.15) is 0 Å². The lowest BCUT2D eigenvalue weighted by atomic mass is 10.2. The molecule has 78 valence electrons. The lowest BCUT2D eigenvalue weighted by Crippen LogP contribution is -1.99. The Labute approximate surface area is 86.7 Å². The molecule has 4 heteroatoms. The largest absolute Gasteiger partial charge is 0.494 e. The first-order chi connectivity index (χ1) is 7.24. The SMILES string of the molecule is COc1cc2ccc(CN)nc2cc1F. The van der Waals surface area contributed by atoms with Crippen LogP contribution >= 0.6 is 0 Å². The first-order valence-electron chi connectivity index (χ1n) is 4.58. The number of hydrogen-bond donors (Lipinski definition) is 1. The molecular weight excluding hydrogens is 195 g/mol. The molecule has 2 N–H and O–H groups in total. The van der Waals surface area contributed by atoms with E-state index in [2.05, 4.69) is 4.98 Å². The van der Waals surface area contributed by atoms with Gasteiger partial charge in [0.1, 0.15) is 0 Å². The van der Waals surface area contributed by atoms with Gasteiger partial charge in [-0.15, -0.1) is 0 Å². The van der Waals surface area contributed by atoms with Crippen molar-refractivity contribution in [3.05, 3.63) is 35.8 Å². The van der Waals surface area contributed by atoms with Crippen LogP contribution in [-0.4, -0.2) is 12.1 Å². The van der Waals surface area contributed by atoms with Gasteiger partial charge < -0.3 is 10.5 Å². The van der Waals surface area contributed by atoms with Crippen LogP contribution in [0.2, 0.25) is 0 Å². The van der Waals surface area contributed by atoms with Crippen LogP contribution in [0.15, 0.2) is 24.3 Å². The Kier molecular flexibility index (Phi) is 2.51. The molecule has 1 aromatic carbocycles. The molecule has 0 atom stereocenters. The van der Waals surface area contributed by atoms with E-state index in [1.54, 1.807) is 6.07 Å². The molecule has 0 aliphatic rings. The molecule has 0 saturated heterocycles. The highest BCUT2D eigenvalue weighted by molar-refractivity contribution is 5.80. The molecule has 0 aliphatic carbocycles. The molecule has 0 fully saturated rings. The predicted molar refractivity (Wildman–Crippen MR) is 56.1 cm³/mol. The fourth-order valence-corrected chi connectivity index (χ4v) is 1.44. The van der Waals surface area contributed by atoms with Crippen molar-refractivity contribution in [1.29, 1.82) is 0 Å². The topological polar surface area (TPSA) is 48.1 Å². The third-order valence-electron chi connectivity index (χ3n) is 2.23. The molecule has 1 heterocycles. The van der Waals surface area contributed by atoms with Crippen LogP contribution in [0.3, 0.4) is 0 Å². The van der Waals surface area contributed by atoms with Gasteiger partial charge in [0.2, 0.25) is 0 Å². The fraction of sp³-hybridized carbons (Fsp3) is 0.182. The van der Waals surface area contributed by atoms with Crippen LogP contribution in [0, 0.1) is 5.82 Å². The fourth-order valence-electron chi connectivity index (χ4n) is 1.44. The minimum atomic E-state index is -0.410. The second-order valence-electron chi connectivity index (χ2n) is 3.19. The number of ether oxygens (including phenoxy) is 1. The number of aromatic nitrogens is 1. The van der Waals surface area contributed by atoms with Crippen LogP contribution in [0.25, 0.3) is 10.9 Å². The summed E-state index contributed by atoms with van der Waals surface area (Å²) in [6.45, 7) is 0.351. The highest BCUT2D eigenvalue weighted by Gasteiger charge is 2.05. The van der Waals surface area contributed by atoms with E-state index in [1.165, 1.54) is 13.2 Å². The van der Waals surface area contributed by atoms with E-state index in [4.69, 9.17) is 10.5 Å². The van der Waals surface area contributed by atoms with Crippen molar-refractivity contribution in [2.24, 2.45) is 5.73 Å². The number of benzene rings is 1. The standard InChI is InChI=1S/C11H11FN2O/c1-15-11-4-7-2-3-8(6-13)14-10(7)5-9(11)12/h2-5H,6,13H2,1H3. The molecule has 2 rings (SSSR count). The summed E-state index contributed by atoms with van der Waals surface area (Å²) in [6, 6.07) is 6.65. The van der Waals surface area contributed by atoms with Crippen molar-refractivity contribution in [3.63, 3.8) is 0 Å². The molecule has 0 aliphatic heterocycles. The molecule has 15 heavy (non-hydrogen) atoms.